The van der Waals surface area contributed by atoms with Gasteiger partial charge < -0.3 is 9.30 Å². The molecule has 3 nitrogen and oxygen atoms in total. The van der Waals surface area contributed by atoms with Gasteiger partial charge in [0.2, 0.25) is 0 Å². The maximum atomic E-state index is 11.8. The molecule has 2 aromatic rings. The highest BCUT2D eigenvalue weighted by atomic mass is 32.1. The summed E-state index contributed by atoms with van der Waals surface area (Å²) in [6.45, 7) is 8.61. The van der Waals surface area contributed by atoms with Gasteiger partial charge in [-0.05, 0) is 26.0 Å². The number of hydrogen-bond donors (Lipinski definition) is 0. The van der Waals surface area contributed by atoms with E-state index in [0.717, 1.165) is 10.2 Å². The minimum atomic E-state index is -0.268. The molecule has 0 bridgehead atoms. The van der Waals surface area contributed by atoms with Gasteiger partial charge in [0.1, 0.15) is 5.69 Å². The molecule has 0 fully saturated rings. The molecule has 2 aromatic heterocycles. The van der Waals surface area contributed by atoms with Crippen LogP contribution in [0.15, 0.2) is 24.8 Å². The summed E-state index contributed by atoms with van der Waals surface area (Å²) in [7, 11) is 0. The summed E-state index contributed by atoms with van der Waals surface area (Å²) in [5, 5.41) is 0. The number of hydrogen-bond acceptors (Lipinski definition) is 3. The Hall–Kier alpha value is -1.55. The largest absolute Gasteiger partial charge is 0.461 e. The molecule has 0 aliphatic rings. The monoisotopic (exact) mass is 249 g/mol. The molecule has 0 aliphatic heterocycles. The Balaban J connectivity index is 2.53. The number of allylic oxidation sites excluding steroid dienone is 1. The van der Waals surface area contributed by atoms with Gasteiger partial charge >= 0.3 is 5.97 Å². The number of esters is 1. The Labute approximate surface area is 104 Å². The molecule has 0 unspecified atom stereocenters. The van der Waals surface area contributed by atoms with E-state index >= 15 is 0 Å². The summed E-state index contributed by atoms with van der Waals surface area (Å²) >= 11 is 1.69. The number of carbonyl (C=O) groups is 1. The fourth-order valence-electron chi connectivity index (χ4n) is 1.86. The van der Waals surface area contributed by atoms with Gasteiger partial charge in [-0.25, -0.2) is 4.79 Å². The second-order valence-electron chi connectivity index (χ2n) is 3.76. The zero-order chi connectivity index (χ0) is 12.4. The topological polar surface area (TPSA) is 31.2 Å². The van der Waals surface area contributed by atoms with Crippen LogP contribution in [0.3, 0.4) is 0 Å². The van der Waals surface area contributed by atoms with Gasteiger partial charge in [-0.3, -0.25) is 0 Å². The Bertz CT molecular complexity index is 565. The van der Waals surface area contributed by atoms with Crippen LogP contribution in [-0.2, 0) is 11.3 Å². The maximum Gasteiger partial charge on any atom is 0.355 e. The van der Waals surface area contributed by atoms with Gasteiger partial charge in [-0.1, -0.05) is 6.08 Å². The number of ether oxygens (including phenoxy) is 1. The molecule has 0 radical (unpaired) electrons. The first-order chi connectivity index (χ1) is 8.17. The highest BCUT2D eigenvalue weighted by molar-refractivity contribution is 7.19. The summed E-state index contributed by atoms with van der Waals surface area (Å²) in [6.07, 6.45) is 1.79. The lowest BCUT2D eigenvalue weighted by Gasteiger charge is -2.06. The van der Waals surface area contributed by atoms with Crippen molar-refractivity contribution in [1.29, 1.82) is 0 Å². The lowest BCUT2D eigenvalue weighted by atomic mass is 10.4. The van der Waals surface area contributed by atoms with Gasteiger partial charge in [0, 0.05) is 11.4 Å². The summed E-state index contributed by atoms with van der Waals surface area (Å²) in [6, 6.07) is 3.99. The quantitative estimate of drug-likeness (QED) is 0.614. The number of rotatable bonds is 4. The number of aromatic nitrogens is 1. The van der Waals surface area contributed by atoms with E-state index in [1.54, 1.807) is 17.4 Å². The van der Waals surface area contributed by atoms with Gasteiger partial charge in [0.25, 0.3) is 0 Å². The summed E-state index contributed by atoms with van der Waals surface area (Å²) in [4.78, 5) is 13.1. The van der Waals surface area contributed by atoms with Crippen molar-refractivity contribution < 1.29 is 9.53 Å². The minimum Gasteiger partial charge on any atom is -0.461 e. The van der Waals surface area contributed by atoms with Crippen LogP contribution in [0, 0.1) is 6.92 Å². The fraction of sp³-hybridized carbons (Fsp3) is 0.308. The van der Waals surface area contributed by atoms with Gasteiger partial charge in [0.05, 0.1) is 16.8 Å². The van der Waals surface area contributed by atoms with E-state index in [9.17, 15) is 4.79 Å². The Morgan fingerprint density at radius 1 is 1.59 bits per heavy atom. The zero-order valence-corrected chi connectivity index (χ0v) is 10.8. The molecule has 0 N–H and O–H groups in total. The van der Waals surface area contributed by atoms with Crippen molar-refractivity contribution in [2.75, 3.05) is 6.61 Å². The molecule has 0 aromatic carbocycles. The van der Waals surface area contributed by atoms with Crippen molar-refractivity contribution in [3.05, 3.63) is 35.4 Å². The van der Waals surface area contributed by atoms with Crippen molar-refractivity contribution in [1.82, 2.24) is 4.57 Å². The van der Waals surface area contributed by atoms with Crippen molar-refractivity contribution >= 4 is 27.5 Å². The molecule has 0 amide bonds. The van der Waals surface area contributed by atoms with Crippen LogP contribution in [-0.4, -0.2) is 17.1 Å². The Morgan fingerprint density at radius 3 is 3.00 bits per heavy atom. The highest BCUT2D eigenvalue weighted by Gasteiger charge is 2.17. The first kappa shape index (κ1) is 11.9. The van der Waals surface area contributed by atoms with Crippen molar-refractivity contribution in [2.24, 2.45) is 0 Å². The van der Waals surface area contributed by atoms with E-state index in [1.165, 1.54) is 4.88 Å². The normalized spacial score (nSPS) is 10.7. The number of aryl methyl sites for hydroxylation is 1. The number of fused-ring (bicyclic) bond motifs is 1. The van der Waals surface area contributed by atoms with E-state index in [2.05, 4.69) is 19.6 Å². The fourth-order valence-corrected chi connectivity index (χ4v) is 2.83. The minimum absolute atomic E-state index is 0.268. The smallest absolute Gasteiger partial charge is 0.355 e. The average molecular weight is 249 g/mol. The lowest BCUT2D eigenvalue weighted by Crippen LogP contribution is -2.11. The van der Waals surface area contributed by atoms with Crippen molar-refractivity contribution in [3.63, 3.8) is 0 Å². The Morgan fingerprint density at radius 2 is 2.35 bits per heavy atom. The van der Waals surface area contributed by atoms with E-state index in [1.807, 2.05) is 17.6 Å². The standard InChI is InChI=1S/C13H15NO2S/c1-4-6-14-10-7-9(3)17-12(10)8-11(14)13(15)16-5-2/h4,7-8H,1,5-6H2,2-3H3. The molecule has 0 saturated carbocycles. The molecule has 2 heterocycles. The first-order valence-electron chi connectivity index (χ1n) is 5.55. The molecule has 2 rings (SSSR count). The first-order valence-corrected chi connectivity index (χ1v) is 6.36. The molecule has 0 saturated heterocycles. The maximum absolute atomic E-state index is 11.8. The van der Waals surface area contributed by atoms with Crippen LogP contribution >= 0.6 is 11.3 Å². The van der Waals surface area contributed by atoms with Crippen molar-refractivity contribution in [2.45, 2.75) is 20.4 Å². The Kier molecular flexibility index (Phi) is 3.33. The van der Waals surface area contributed by atoms with Crippen LogP contribution in [0.25, 0.3) is 10.2 Å². The summed E-state index contributed by atoms with van der Waals surface area (Å²) in [5.74, 6) is -0.268. The lowest BCUT2D eigenvalue weighted by molar-refractivity contribution is 0.0515. The van der Waals surface area contributed by atoms with Gasteiger partial charge in [-0.15, -0.1) is 17.9 Å². The number of nitrogens with zero attached hydrogens (tertiary/aromatic N) is 1. The second kappa shape index (κ2) is 4.75. The zero-order valence-electron chi connectivity index (χ0n) is 10.0. The third-order valence-corrected chi connectivity index (χ3v) is 3.50. The van der Waals surface area contributed by atoms with Crippen LogP contribution in [0.4, 0.5) is 0 Å². The molecular weight excluding hydrogens is 234 g/mol. The van der Waals surface area contributed by atoms with Crippen molar-refractivity contribution in [3.8, 4) is 0 Å². The van der Waals surface area contributed by atoms with E-state index < -0.39 is 0 Å². The number of carbonyl (C=O) groups excluding carboxylic acids is 1. The molecule has 90 valence electrons. The third-order valence-electron chi connectivity index (χ3n) is 2.51. The van der Waals surface area contributed by atoms with Crippen LogP contribution in [0.5, 0.6) is 0 Å². The summed E-state index contributed by atoms with van der Waals surface area (Å²) in [5.41, 5.74) is 1.68. The SMILES string of the molecule is C=CCn1c(C(=O)OCC)cc2sc(C)cc21. The molecule has 17 heavy (non-hydrogen) atoms. The molecule has 0 aliphatic carbocycles. The predicted molar refractivity (Wildman–Crippen MR) is 70.7 cm³/mol. The third kappa shape index (κ3) is 2.13. The second-order valence-corrected chi connectivity index (χ2v) is 5.04. The van der Waals surface area contributed by atoms with Crippen LogP contribution in [0.2, 0.25) is 0 Å². The van der Waals surface area contributed by atoms with Gasteiger partial charge in [0.15, 0.2) is 0 Å². The van der Waals surface area contributed by atoms with Crippen LogP contribution < -0.4 is 0 Å². The molecule has 0 atom stereocenters. The molecular formula is C13H15NO2S. The predicted octanol–water partition coefficient (Wildman–Crippen LogP) is 3.37. The van der Waals surface area contributed by atoms with Crippen LogP contribution in [0.1, 0.15) is 22.3 Å². The van der Waals surface area contributed by atoms with E-state index in [0.29, 0.717) is 18.8 Å². The number of thiophene rings is 1. The van der Waals surface area contributed by atoms with E-state index in [-0.39, 0.29) is 5.97 Å². The van der Waals surface area contributed by atoms with Gasteiger partial charge in [-0.2, -0.15) is 0 Å². The molecule has 4 heteroatoms. The molecule has 0 spiro atoms. The average Bonchev–Trinajstić information content (AvgIpc) is 2.77. The highest BCUT2D eigenvalue weighted by Crippen LogP contribution is 2.29. The summed E-state index contributed by atoms with van der Waals surface area (Å²) < 4.78 is 8.12. The van der Waals surface area contributed by atoms with E-state index in [4.69, 9.17) is 4.74 Å².